The first-order valence-corrected chi connectivity index (χ1v) is 7.88. The molecule has 0 N–H and O–H groups in total. The first kappa shape index (κ1) is 17.8. The van der Waals surface area contributed by atoms with Crippen LogP contribution >= 0.6 is 0 Å². The van der Waals surface area contributed by atoms with Crippen LogP contribution in [0.5, 0.6) is 0 Å². The lowest BCUT2D eigenvalue weighted by atomic mass is 9.92. The summed E-state index contributed by atoms with van der Waals surface area (Å²) in [5.41, 5.74) is -1.11. The normalized spacial score (nSPS) is 19.0. The van der Waals surface area contributed by atoms with Crippen LogP contribution in [0, 0.1) is 5.92 Å². The van der Waals surface area contributed by atoms with Crippen LogP contribution in [0.1, 0.15) is 41.6 Å². The number of likely N-dealkylation sites (tertiary alicyclic amines) is 1. The standard InChI is InChI=1S/C17H22F3NO2/c1-23-11-5-7-13-6-4-10-21(12-13)16(22)14-8-2-3-9-15(14)17(18,19)20/h2-3,8-9,13H,4-7,10-12H2,1H3. The number of halogens is 3. The highest BCUT2D eigenvalue weighted by Crippen LogP contribution is 2.33. The number of amides is 1. The number of alkyl halides is 3. The molecule has 1 fully saturated rings. The molecule has 1 saturated heterocycles. The van der Waals surface area contributed by atoms with Crippen molar-refractivity contribution in [3.8, 4) is 0 Å². The highest BCUT2D eigenvalue weighted by atomic mass is 19.4. The molecule has 1 aliphatic heterocycles. The number of hydrogen-bond acceptors (Lipinski definition) is 2. The average molecular weight is 329 g/mol. The van der Waals surface area contributed by atoms with Crippen molar-refractivity contribution in [1.29, 1.82) is 0 Å². The van der Waals surface area contributed by atoms with E-state index >= 15 is 0 Å². The van der Waals surface area contributed by atoms with Crippen molar-refractivity contribution in [2.45, 2.75) is 31.9 Å². The Morgan fingerprint density at radius 3 is 2.78 bits per heavy atom. The van der Waals surface area contributed by atoms with Crippen molar-refractivity contribution in [1.82, 2.24) is 4.90 Å². The molecule has 1 unspecified atom stereocenters. The quantitative estimate of drug-likeness (QED) is 0.765. The number of carbonyl (C=O) groups excluding carboxylic acids is 1. The zero-order chi connectivity index (χ0) is 16.9. The number of carbonyl (C=O) groups is 1. The number of nitrogens with zero attached hydrogens (tertiary/aromatic N) is 1. The molecule has 1 heterocycles. The van der Waals surface area contributed by atoms with Gasteiger partial charge in [-0.25, -0.2) is 0 Å². The van der Waals surface area contributed by atoms with Crippen LogP contribution < -0.4 is 0 Å². The highest BCUT2D eigenvalue weighted by Gasteiger charge is 2.36. The predicted octanol–water partition coefficient (Wildman–Crippen LogP) is 3.98. The predicted molar refractivity (Wildman–Crippen MR) is 81.2 cm³/mol. The molecule has 128 valence electrons. The van der Waals surface area contributed by atoms with Crippen molar-refractivity contribution < 1.29 is 22.7 Å². The van der Waals surface area contributed by atoms with Crippen molar-refractivity contribution in [3.05, 3.63) is 35.4 Å². The molecule has 0 radical (unpaired) electrons. The van der Waals surface area contributed by atoms with E-state index in [9.17, 15) is 18.0 Å². The van der Waals surface area contributed by atoms with Crippen LogP contribution in [-0.4, -0.2) is 37.6 Å². The van der Waals surface area contributed by atoms with Crippen LogP contribution in [0.2, 0.25) is 0 Å². The van der Waals surface area contributed by atoms with E-state index < -0.39 is 17.6 Å². The fourth-order valence-electron chi connectivity index (χ4n) is 3.09. The van der Waals surface area contributed by atoms with Gasteiger partial charge in [0.1, 0.15) is 0 Å². The van der Waals surface area contributed by atoms with E-state index in [1.807, 2.05) is 0 Å². The van der Waals surface area contributed by atoms with Gasteiger partial charge < -0.3 is 9.64 Å². The molecule has 1 aromatic rings. The maximum Gasteiger partial charge on any atom is 0.417 e. The van der Waals surface area contributed by atoms with Gasteiger partial charge in [-0.05, 0) is 43.7 Å². The van der Waals surface area contributed by atoms with E-state index in [2.05, 4.69) is 0 Å². The zero-order valence-electron chi connectivity index (χ0n) is 13.2. The van der Waals surface area contributed by atoms with E-state index in [0.29, 0.717) is 25.6 Å². The van der Waals surface area contributed by atoms with Gasteiger partial charge in [-0.15, -0.1) is 0 Å². The van der Waals surface area contributed by atoms with Crippen LogP contribution in [0.4, 0.5) is 13.2 Å². The van der Waals surface area contributed by atoms with Gasteiger partial charge in [0.25, 0.3) is 5.91 Å². The van der Waals surface area contributed by atoms with Crippen LogP contribution in [0.25, 0.3) is 0 Å². The third kappa shape index (κ3) is 4.70. The van der Waals surface area contributed by atoms with Gasteiger partial charge in [-0.2, -0.15) is 13.2 Å². The third-order valence-corrected chi connectivity index (χ3v) is 4.23. The van der Waals surface area contributed by atoms with Crippen LogP contribution in [0.3, 0.4) is 0 Å². The highest BCUT2D eigenvalue weighted by molar-refractivity contribution is 5.96. The monoisotopic (exact) mass is 329 g/mol. The summed E-state index contributed by atoms with van der Waals surface area (Å²) < 4.78 is 44.2. The lowest BCUT2D eigenvalue weighted by molar-refractivity contribution is -0.138. The van der Waals surface area contributed by atoms with E-state index in [0.717, 1.165) is 31.7 Å². The third-order valence-electron chi connectivity index (χ3n) is 4.23. The van der Waals surface area contributed by atoms with E-state index in [4.69, 9.17) is 4.74 Å². The summed E-state index contributed by atoms with van der Waals surface area (Å²) in [7, 11) is 1.64. The smallest absolute Gasteiger partial charge is 0.385 e. The number of ether oxygens (including phenoxy) is 1. The molecule has 23 heavy (non-hydrogen) atoms. The second-order valence-electron chi connectivity index (χ2n) is 5.94. The van der Waals surface area contributed by atoms with Crippen molar-refractivity contribution in [2.24, 2.45) is 5.92 Å². The van der Waals surface area contributed by atoms with E-state index in [1.165, 1.54) is 18.2 Å². The fraction of sp³-hybridized carbons (Fsp3) is 0.588. The average Bonchev–Trinajstić information content (AvgIpc) is 2.54. The summed E-state index contributed by atoms with van der Waals surface area (Å²) in [6.45, 7) is 1.71. The first-order chi connectivity index (χ1) is 10.9. The molecule has 3 nitrogen and oxygen atoms in total. The molecule has 2 rings (SSSR count). The summed E-state index contributed by atoms with van der Waals surface area (Å²) in [5.74, 6) is -0.185. The Kier molecular flexibility index (Phi) is 6.04. The van der Waals surface area contributed by atoms with Gasteiger partial charge >= 0.3 is 6.18 Å². The molecule has 1 aromatic carbocycles. The Morgan fingerprint density at radius 1 is 1.35 bits per heavy atom. The second-order valence-corrected chi connectivity index (χ2v) is 5.94. The fourth-order valence-corrected chi connectivity index (χ4v) is 3.09. The molecule has 1 aliphatic rings. The molecular weight excluding hydrogens is 307 g/mol. The van der Waals surface area contributed by atoms with Gasteiger partial charge in [0.15, 0.2) is 0 Å². The number of methoxy groups -OCH3 is 1. The molecule has 0 aromatic heterocycles. The second kappa shape index (κ2) is 7.81. The molecule has 0 bridgehead atoms. The van der Waals surface area contributed by atoms with Gasteiger partial charge in [0.2, 0.25) is 0 Å². The molecule has 1 atom stereocenters. The molecule has 6 heteroatoms. The zero-order valence-corrected chi connectivity index (χ0v) is 13.2. The lowest BCUT2D eigenvalue weighted by Gasteiger charge is -2.33. The molecule has 0 spiro atoms. The minimum Gasteiger partial charge on any atom is -0.385 e. The van der Waals surface area contributed by atoms with Crippen molar-refractivity contribution in [2.75, 3.05) is 26.8 Å². The molecule has 0 aliphatic carbocycles. The Balaban J connectivity index is 2.08. The Morgan fingerprint density at radius 2 is 2.09 bits per heavy atom. The van der Waals surface area contributed by atoms with E-state index in [1.54, 1.807) is 12.0 Å². The Hall–Kier alpha value is -1.56. The van der Waals surface area contributed by atoms with Gasteiger partial charge in [-0.1, -0.05) is 12.1 Å². The number of piperidine rings is 1. The van der Waals surface area contributed by atoms with Gasteiger partial charge in [0.05, 0.1) is 11.1 Å². The first-order valence-electron chi connectivity index (χ1n) is 7.88. The SMILES string of the molecule is COCCCC1CCCN(C(=O)c2ccccc2C(F)(F)F)C1. The van der Waals surface area contributed by atoms with Gasteiger partial charge in [-0.3, -0.25) is 4.79 Å². The summed E-state index contributed by atoms with van der Waals surface area (Å²) in [6.07, 6.45) is -0.841. The van der Waals surface area contributed by atoms with Crippen LogP contribution in [-0.2, 0) is 10.9 Å². The summed E-state index contributed by atoms with van der Waals surface area (Å²) in [5, 5.41) is 0. The molecule has 1 amide bonds. The maximum absolute atomic E-state index is 13.1. The topological polar surface area (TPSA) is 29.5 Å². The van der Waals surface area contributed by atoms with E-state index in [-0.39, 0.29) is 5.56 Å². The Labute approximate surface area is 134 Å². The van der Waals surface area contributed by atoms with Crippen LogP contribution in [0.15, 0.2) is 24.3 Å². The summed E-state index contributed by atoms with van der Waals surface area (Å²) in [6, 6.07) is 5.01. The lowest BCUT2D eigenvalue weighted by Crippen LogP contribution is -2.40. The maximum atomic E-state index is 13.1. The summed E-state index contributed by atoms with van der Waals surface area (Å²) >= 11 is 0. The summed E-state index contributed by atoms with van der Waals surface area (Å²) in [4.78, 5) is 14.1. The number of rotatable bonds is 5. The largest absolute Gasteiger partial charge is 0.417 e. The Bertz CT molecular complexity index is 531. The van der Waals surface area contributed by atoms with Gasteiger partial charge in [0, 0.05) is 26.8 Å². The van der Waals surface area contributed by atoms with Crippen molar-refractivity contribution in [3.63, 3.8) is 0 Å². The minimum absolute atomic E-state index is 0.252. The number of hydrogen-bond donors (Lipinski definition) is 0. The van der Waals surface area contributed by atoms with Crippen molar-refractivity contribution >= 4 is 5.91 Å². The molecule has 0 saturated carbocycles. The number of benzene rings is 1. The molecular formula is C17H22F3NO2. The minimum atomic E-state index is -4.51.